The van der Waals surface area contributed by atoms with Gasteiger partial charge in [0, 0.05) is 37.9 Å². The number of hydrogen-bond acceptors (Lipinski definition) is 4. The van der Waals surface area contributed by atoms with Crippen molar-refractivity contribution in [1.82, 2.24) is 9.80 Å². The van der Waals surface area contributed by atoms with Crippen LogP contribution in [0.25, 0.3) is 0 Å². The maximum atomic E-state index is 12.7. The van der Waals surface area contributed by atoms with Crippen LogP contribution in [0.3, 0.4) is 0 Å². The molecule has 1 N–H and O–H groups in total. The van der Waals surface area contributed by atoms with E-state index >= 15 is 0 Å². The number of carbonyl (C=O) groups is 2. The van der Waals surface area contributed by atoms with Crippen molar-refractivity contribution in [3.8, 4) is 11.5 Å². The molecule has 0 saturated carbocycles. The third-order valence-electron chi connectivity index (χ3n) is 5.09. The number of piperidine rings is 1. The predicted molar refractivity (Wildman–Crippen MR) is 98.8 cm³/mol. The zero-order valence-electron chi connectivity index (χ0n) is 15.8. The lowest BCUT2D eigenvalue weighted by atomic mass is 9.97. The predicted octanol–water partition coefficient (Wildman–Crippen LogP) is 3.16. The summed E-state index contributed by atoms with van der Waals surface area (Å²) in [5, 5.41) is 2.73. The van der Waals surface area contributed by atoms with E-state index in [0.717, 1.165) is 32.4 Å². The highest BCUT2D eigenvalue weighted by Crippen LogP contribution is 2.32. The number of carbonyl (C=O) groups excluding carboxylic acids is 2. The van der Waals surface area contributed by atoms with Crippen LogP contribution in [0.5, 0.6) is 11.5 Å². The maximum Gasteiger partial charge on any atom is 0.387 e. The summed E-state index contributed by atoms with van der Waals surface area (Å²) in [4.78, 5) is 28.8. The molecule has 0 bridgehead atoms. The van der Waals surface area contributed by atoms with Crippen molar-refractivity contribution in [3.05, 3.63) is 18.2 Å². The quantitative estimate of drug-likeness (QED) is 0.829. The van der Waals surface area contributed by atoms with Gasteiger partial charge < -0.3 is 24.6 Å². The van der Waals surface area contributed by atoms with Gasteiger partial charge in [-0.1, -0.05) is 0 Å². The number of methoxy groups -OCH3 is 1. The third-order valence-corrected chi connectivity index (χ3v) is 5.09. The minimum atomic E-state index is -3.00. The van der Waals surface area contributed by atoms with Crippen LogP contribution >= 0.6 is 0 Å². The van der Waals surface area contributed by atoms with Crippen molar-refractivity contribution >= 4 is 17.6 Å². The Morgan fingerprint density at radius 1 is 1.11 bits per heavy atom. The summed E-state index contributed by atoms with van der Waals surface area (Å²) in [5.74, 6) is -0.586. The van der Waals surface area contributed by atoms with Crippen molar-refractivity contribution in [3.63, 3.8) is 0 Å². The summed E-state index contributed by atoms with van der Waals surface area (Å²) in [5.41, 5.74) is 0.337. The van der Waals surface area contributed by atoms with Crippen LogP contribution in [0.4, 0.5) is 19.3 Å². The summed E-state index contributed by atoms with van der Waals surface area (Å²) >= 11 is 0. The fourth-order valence-electron chi connectivity index (χ4n) is 3.66. The number of likely N-dealkylation sites (tertiary alicyclic amines) is 2. The van der Waals surface area contributed by atoms with E-state index in [1.54, 1.807) is 11.0 Å². The van der Waals surface area contributed by atoms with Gasteiger partial charge in [0.2, 0.25) is 5.91 Å². The first-order chi connectivity index (χ1) is 13.5. The van der Waals surface area contributed by atoms with Crippen LogP contribution in [0.15, 0.2) is 18.2 Å². The molecule has 1 unspecified atom stereocenters. The topological polar surface area (TPSA) is 71.1 Å². The molecule has 1 atom stereocenters. The van der Waals surface area contributed by atoms with Crippen LogP contribution < -0.4 is 14.8 Å². The highest BCUT2D eigenvalue weighted by molar-refractivity contribution is 5.93. The minimum Gasteiger partial charge on any atom is -0.493 e. The standard InChI is InChI=1S/C19H25F2N3O4/c1-27-15-7-6-14(11-16(15)28-18(20)21)22-17(25)13-5-4-10-24(12-13)19(26)23-8-2-3-9-23/h6-7,11,13,18H,2-5,8-10,12H2,1H3,(H,22,25). The molecule has 1 aromatic carbocycles. The van der Waals surface area contributed by atoms with Crippen LogP contribution in [0.1, 0.15) is 25.7 Å². The second-order valence-electron chi connectivity index (χ2n) is 7.00. The molecule has 2 fully saturated rings. The average Bonchev–Trinajstić information content (AvgIpc) is 3.22. The summed E-state index contributed by atoms with van der Waals surface area (Å²) in [6.07, 6.45) is 3.46. The van der Waals surface area contributed by atoms with E-state index in [1.807, 2.05) is 4.90 Å². The number of amides is 3. The van der Waals surface area contributed by atoms with E-state index in [4.69, 9.17) is 4.74 Å². The van der Waals surface area contributed by atoms with Gasteiger partial charge in [0.1, 0.15) is 0 Å². The number of nitrogens with one attached hydrogen (secondary N) is 1. The fourth-order valence-corrected chi connectivity index (χ4v) is 3.66. The van der Waals surface area contributed by atoms with E-state index in [2.05, 4.69) is 10.1 Å². The Labute approximate surface area is 162 Å². The molecule has 2 heterocycles. The lowest BCUT2D eigenvalue weighted by Gasteiger charge is -2.34. The molecule has 28 heavy (non-hydrogen) atoms. The lowest BCUT2D eigenvalue weighted by molar-refractivity contribution is -0.121. The summed E-state index contributed by atoms with van der Waals surface area (Å²) in [6, 6.07) is 4.31. The Morgan fingerprint density at radius 2 is 1.82 bits per heavy atom. The molecule has 9 heteroatoms. The van der Waals surface area contributed by atoms with Crippen LogP contribution in [0, 0.1) is 5.92 Å². The summed E-state index contributed by atoms with van der Waals surface area (Å²) in [6.45, 7) is -0.454. The molecule has 2 saturated heterocycles. The van der Waals surface area contributed by atoms with Gasteiger partial charge in [0.25, 0.3) is 0 Å². The maximum absolute atomic E-state index is 12.7. The van der Waals surface area contributed by atoms with Crippen LogP contribution in [0.2, 0.25) is 0 Å². The second-order valence-corrected chi connectivity index (χ2v) is 7.00. The number of nitrogens with zero attached hydrogens (tertiary/aromatic N) is 2. The summed E-state index contributed by atoms with van der Waals surface area (Å²) in [7, 11) is 1.35. The first kappa shape index (κ1) is 20.2. The number of alkyl halides is 2. The number of rotatable bonds is 5. The Bertz CT molecular complexity index is 710. The summed E-state index contributed by atoms with van der Waals surface area (Å²) < 4.78 is 34.6. The highest BCUT2D eigenvalue weighted by atomic mass is 19.3. The van der Waals surface area contributed by atoms with Crippen molar-refractivity contribution < 1.29 is 27.8 Å². The Balaban J connectivity index is 1.63. The van der Waals surface area contributed by atoms with Crippen molar-refractivity contribution in [1.29, 1.82) is 0 Å². The van der Waals surface area contributed by atoms with E-state index in [1.165, 1.54) is 19.2 Å². The Morgan fingerprint density at radius 3 is 2.50 bits per heavy atom. The number of halogens is 2. The van der Waals surface area contributed by atoms with Gasteiger partial charge in [-0.25, -0.2) is 4.79 Å². The average molecular weight is 397 g/mol. The molecular formula is C19H25F2N3O4. The van der Waals surface area contributed by atoms with E-state index in [0.29, 0.717) is 25.2 Å². The van der Waals surface area contributed by atoms with Gasteiger partial charge in [-0.05, 0) is 37.8 Å². The zero-order valence-corrected chi connectivity index (χ0v) is 15.8. The zero-order chi connectivity index (χ0) is 20.1. The molecule has 3 rings (SSSR count). The number of anilines is 1. The number of hydrogen-bond donors (Lipinski definition) is 1. The molecule has 0 spiro atoms. The van der Waals surface area contributed by atoms with E-state index in [9.17, 15) is 18.4 Å². The van der Waals surface area contributed by atoms with Crippen LogP contribution in [-0.2, 0) is 4.79 Å². The van der Waals surface area contributed by atoms with Gasteiger partial charge in [-0.3, -0.25) is 4.79 Å². The van der Waals surface area contributed by atoms with E-state index in [-0.39, 0.29) is 29.4 Å². The molecule has 154 valence electrons. The van der Waals surface area contributed by atoms with Gasteiger partial charge >= 0.3 is 12.6 Å². The van der Waals surface area contributed by atoms with Crippen LogP contribution in [-0.4, -0.2) is 61.6 Å². The molecular weight excluding hydrogens is 372 g/mol. The molecule has 2 aliphatic heterocycles. The molecule has 0 aromatic heterocycles. The van der Waals surface area contributed by atoms with Crippen molar-refractivity contribution in [2.45, 2.75) is 32.3 Å². The molecule has 1 aromatic rings. The fraction of sp³-hybridized carbons (Fsp3) is 0.579. The van der Waals surface area contributed by atoms with Crippen molar-refractivity contribution in [2.75, 3.05) is 38.6 Å². The third kappa shape index (κ3) is 4.82. The smallest absolute Gasteiger partial charge is 0.387 e. The minimum absolute atomic E-state index is 0.00735. The Kier molecular flexibility index (Phi) is 6.53. The van der Waals surface area contributed by atoms with Gasteiger partial charge in [-0.15, -0.1) is 0 Å². The second kappa shape index (κ2) is 9.07. The first-order valence-corrected chi connectivity index (χ1v) is 9.45. The largest absolute Gasteiger partial charge is 0.493 e. The highest BCUT2D eigenvalue weighted by Gasteiger charge is 2.31. The first-order valence-electron chi connectivity index (χ1n) is 9.45. The normalized spacial score (nSPS) is 19.6. The van der Waals surface area contributed by atoms with E-state index < -0.39 is 6.61 Å². The molecule has 7 nitrogen and oxygen atoms in total. The molecule has 2 aliphatic rings. The monoisotopic (exact) mass is 397 g/mol. The lowest BCUT2D eigenvalue weighted by Crippen LogP contribution is -2.48. The molecule has 3 amide bonds. The number of benzene rings is 1. The van der Waals surface area contributed by atoms with Gasteiger partial charge in [0.05, 0.1) is 13.0 Å². The SMILES string of the molecule is COc1ccc(NC(=O)C2CCCN(C(=O)N3CCCC3)C2)cc1OC(F)F. The van der Waals surface area contributed by atoms with Gasteiger partial charge in [-0.2, -0.15) is 8.78 Å². The van der Waals surface area contributed by atoms with Gasteiger partial charge in [0.15, 0.2) is 11.5 Å². The molecule has 0 radical (unpaired) electrons. The Hall–Kier alpha value is -2.58. The van der Waals surface area contributed by atoms with Crippen molar-refractivity contribution in [2.24, 2.45) is 5.92 Å². The number of urea groups is 1. The molecule has 0 aliphatic carbocycles. The number of ether oxygens (including phenoxy) is 2.